The summed E-state index contributed by atoms with van der Waals surface area (Å²) in [6, 6.07) is 14.5. The lowest BCUT2D eigenvalue weighted by molar-refractivity contribution is -0.119. The SMILES string of the molecule is COc1cccc(NCC(=O)N/N=C\c2cccc(Cl)c2)c1. The zero-order chi connectivity index (χ0) is 15.8. The minimum absolute atomic E-state index is 0.111. The highest BCUT2D eigenvalue weighted by Crippen LogP contribution is 2.16. The maximum Gasteiger partial charge on any atom is 0.259 e. The maximum atomic E-state index is 11.7. The third-order valence-corrected chi connectivity index (χ3v) is 3.01. The summed E-state index contributed by atoms with van der Waals surface area (Å²) in [6.07, 6.45) is 1.54. The van der Waals surface area contributed by atoms with Gasteiger partial charge in [-0.25, -0.2) is 5.43 Å². The van der Waals surface area contributed by atoms with Gasteiger partial charge in [0.2, 0.25) is 0 Å². The number of anilines is 1. The molecule has 2 aromatic carbocycles. The topological polar surface area (TPSA) is 62.7 Å². The minimum atomic E-state index is -0.249. The Hall–Kier alpha value is -2.53. The first-order valence-corrected chi connectivity index (χ1v) is 7.00. The predicted molar refractivity (Wildman–Crippen MR) is 88.7 cm³/mol. The number of ether oxygens (including phenoxy) is 1. The quantitative estimate of drug-likeness (QED) is 0.636. The molecule has 0 fully saturated rings. The molecule has 0 heterocycles. The van der Waals surface area contributed by atoms with Crippen molar-refractivity contribution in [2.75, 3.05) is 19.0 Å². The Kier molecular flexibility index (Phi) is 5.80. The number of carbonyl (C=O) groups is 1. The number of nitrogens with zero attached hydrogens (tertiary/aromatic N) is 1. The van der Waals surface area contributed by atoms with Crippen LogP contribution >= 0.6 is 11.6 Å². The van der Waals surface area contributed by atoms with E-state index in [1.165, 1.54) is 6.21 Å². The summed E-state index contributed by atoms with van der Waals surface area (Å²) in [5.41, 5.74) is 4.06. The first-order chi connectivity index (χ1) is 10.7. The summed E-state index contributed by atoms with van der Waals surface area (Å²) in [4.78, 5) is 11.7. The van der Waals surface area contributed by atoms with Crippen molar-refractivity contribution in [2.24, 2.45) is 5.10 Å². The van der Waals surface area contributed by atoms with E-state index in [9.17, 15) is 4.79 Å². The lowest BCUT2D eigenvalue weighted by atomic mass is 10.2. The van der Waals surface area contributed by atoms with E-state index in [0.717, 1.165) is 17.0 Å². The number of hydrazone groups is 1. The minimum Gasteiger partial charge on any atom is -0.497 e. The van der Waals surface area contributed by atoms with Crippen LogP contribution in [-0.2, 0) is 4.79 Å². The van der Waals surface area contributed by atoms with Crippen molar-refractivity contribution in [3.8, 4) is 5.75 Å². The second kappa shape index (κ2) is 8.05. The normalized spacial score (nSPS) is 10.5. The standard InChI is InChI=1S/C16H16ClN3O2/c1-22-15-7-3-6-14(9-15)18-11-16(21)20-19-10-12-4-2-5-13(17)8-12/h2-10,18H,11H2,1H3,(H,20,21)/b19-10-. The van der Waals surface area contributed by atoms with Crippen LogP contribution in [-0.4, -0.2) is 25.8 Å². The van der Waals surface area contributed by atoms with Gasteiger partial charge in [0.05, 0.1) is 19.9 Å². The number of nitrogens with one attached hydrogen (secondary N) is 2. The van der Waals surface area contributed by atoms with E-state index in [4.69, 9.17) is 16.3 Å². The molecule has 0 aliphatic heterocycles. The molecule has 0 unspecified atom stereocenters. The lowest BCUT2D eigenvalue weighted by Gasteiger charge is -2.06. The molecular weight excluding hydrogens is 302 g/mol. The molecule has 0 aliphatic rings. The van der Waals surface area contributed by atoms with Crippen LogP contribution in [0, 0.1) is 0 Å². The van der Waals surface area contributed by atoms with Crippen LogP contribution in [0.25, 0.3) is 0 Å². The third-order valence-electron chi connectivity index (χ3n) is 2.77. The summed E-state index contributed by atoms with van der Waals surface area (Å²) in [5, 5.41) is 7.49. The Morgan fingerprint density at radius 3 is 2.86 bits per heavy atom. The largest absolute Gasteiger partial charge is 0.497 e. The fourth-order valence-corrected chi connectivity index (χ4v) is 1.92. The van der Waals surface area contributed by atoms with E-state index in [-0.39, 0.29) is 12.5 Å². The van der Waals surface area contributed by atoms with Crippen LogP contribution in [0.3, 0.4) is 0 Å². The smallest absolute Gasteiger partial charge is 0.259 e. The van der Waals surface area contributed by atoms with Crippen molar-refractivity contribution in [2.45, 2.75) is 0 Å². The molecule has 22 heavy (non-hydrogen) atoms. The van der Waals surface area contributed by atoms with Gasteiger partial charge in [-0.3, -0.25) is 4.79 Å². The van der Waals surface area contributed by atoms with Crippen molar-refractivity contribution in [1.82, 2.24) is 5.43 Å². The molecular formula is C16H16ClN3O2. The van der Waals surface area contributed by atoms with E-state index in [0.29, 0.717) is 5.02 Å². The van der Waals surface area contributed by atoms with Crippen LogP contribution in [0.15, 0.2) is 53.6 Å². The predicted octanol–water partition coefficient (Wildman–Crippen LogP) is 2.91. The molecule has 2 rings (SSSR count). The van der Waals surface area contributed by atoms with Crippen LogP contribution in [0.2, 0.25) is 5.02 Å². The summed E-state index contributed by atoms with van der Waals surface area (Å²) in [7, 11) is 1.59. The Labute approximate surface area is 133 Å². The highest BCUT2D eigenvalue weighted by atomic mass is 35.5. The number of carbonyl (C=O) groups excluding carboxylic acids is 1. The summed E-state index contributed by atoms with van der Waals surface area (Å²) in [5.74, 6) is 0.477. The summed E-state index contributed by atoms with van der Waals surface area (Å²) < 4.78 is 5.11. The van der Waals surface area contributed by atoms with Gasteiger partial charge < -0.3 is 10.1 Å². The van der Waals surface area contributed by atoms with Gasteiger partial charge >= 0.3 is 0 Å². The number of rotatable bonds is 6. The molecule has 2 N–H and O–H groups in total. The fourth-order valence-electron chi connectivity index (χ4n) is 1.72. The molecule has 0 saturated carbocycles. The molecule has 0 saturated heterocycles. The zero-order valence-electron chi connectivity index (χ0n) is 12.0. The lowest BCUT2D eigenvalue weighted by Crippen LogP contribution is -2.25. The van der Waals surface area contributed by atoms with E-state index in [1.807, 2.05) is 36.4 Å². The Balaban J connectivity index is 1.80. The molecule has 0 radical (unpaired) electrons. The molecule has 0 atom stereocenters. The molecule has 0 bridgehead atoms. The summed E-state index contributed by atoms with van der Waals surface area (Å²) in [6.45, 7) is 0.111. The van der Waals surface area contributed by atoms with Crippen molar-refractivity contribution in [3.05, 3.63) is 59.1 Å². The van der Waals surface area contributed by atoms with E-state index in [2.05, 4.69) is 15.8 Å². The highest BCUT2D eigenvalue weighted by molar-refractivity contribution is 6.30. The van der Waals surface area contributed by atoms with Gasteiger partial charge in [-0.05, 0) is 29.8 Å². The molecule has 114 valence electrons. The van der Waals surface area contributed by atoms with Crippen LogP contribution < -0.4 is 15.5 Å². The molecule has 1 amide bonds. The van der Waals surface area contributed by atoms with Gasteiger partial charge in [-0.2, -0.15) is 5.10 Å². The fraction of sp³-hybridized carbons (Fsp3) is 0.125. The van der Waals surface area contributed by atoms with Crippen molar-refractivity contribution >= 4 is 29.4 Å². The van der Waals surface area contributed by atoms with Gasteiger partial charge in [-0.1, -0.05) is 29.8 Å². The average molecular weight is 318 g/mol. The molecule has 6 heteroatoms. The molecule has 0 aromatic heterocycles. The first kappa shape index (κ1) is 15.9. The monoisotopic (exact) mass is 317 g/mol. The number of hydrogen-bond acceptors (Lipinski definition) is 4. The first-order valence-electron chi connectivity index (χ1n) is 6.63. The Morgan fingerprint density at radius 2 is 2.09 bits per heavy atom. The maximum absolute atomic E-state index is 11.7. The van der Waals surface area contributed by atoms with E-state index in [1.54, 1.807) is 19.2 Å². The van der Waals surface area contributed by atoms with Crippen LogP contribution in [0.1, 0.15) is 5.56 Å². The Morgan fingerprint density at radius 1 is 1.27 bits per heavy atom. The van der Waals surface area contributed by atoms with Gasteiger partial charge in [-0.15, -0.1) is 0 Å². The zero-order valence-corrected chi connectivity index (χ0v) is 12.8. The molecule has 2 aromatic rings. The molecule has 0 spiro atoms. The van der Waals surface area contributed by atoms with Gasteiger partial charge in [0, 0.05) is 16.8 Å². The van der Waals surface area contributed by atoms with Gasteiger partial charge in [0.15, 0.2) is 0 Å². The van der Waals surface area contributed by atoms with Gasteiger partial charge in [0.1, 0.15) is 5.75 Å². The van der Waals surface area contributed by atoms with Gasteiger partial charge in [0.25, 0.3) is 5.91 Å². The average Bonchev–Trinajstić information content (AvgIpc) is 2.53. The van der Waals surface area contributed by atoms with E-state index >= 15 is 0 Å². The van der Waals surface area contributed by atoms with Crippen molar-refractivity contribution in [3.63, 3.8) is 0 Å². The third kappa shape index (κ3) is 5.10. The van der Waals surface area contributed by atoms with Crippen LogP contribution in [0.4, 0.5) is 5.69 Å². The summed E-state index contributed by atoms with van der Waals surface area (Å²) >= 11 is 5.86. The second-order valence-electron chi connectivity index (χ2n) is 4.43. The second-order valence-corrected chi connectivity index (χ2v) is 4.87. The van der Waals surface area contributed by atoms with Crippen LogP contribution in [0.5, 0.6) is 5.75 Å². The van der Waals surface area contributed by atoms with Crippen molar-refractivity contribution in [1.29, 1.82) is 0 Å². The number of benzene rings is 2. The van der Waals surface area contributed by atoms with E-state index < -0.39 is 0 Å². The highest BCUT2D eigenvalue weighted by Gasteiger charge is 2.00. The van der Waals surface area contributed by atoms with Crippen molar-refractivity contribution < 1.29 is 9.53 Å². The molecule has 0 aliphatic carbocycles. The number of amides is 1. The number of methoxy groups -OCH3 is 1. The molecule has 5 nitrogen and oxygen atoms in total. The number of halogens is 1. The number of hydrogen-bond donors (Lipinski definition) is 2. The Bertz CT molecular complexity index is 674.